The summed E-state index contributed by atoms with van der Waals surface area (Å²) >= 11 is 2.90. The Balaban J connectivity index is 0.000000222. The summed E-state index contributed by atoms with van der Waals surface area (Å²) in [5.74, 6) is -2.86. The maximum Gasteiger partial charge on any atom is 0.329 e. The van der Waals surface area contributed by atoms with Crippen molar-refractivity contribution in [3.05, 3.63) is 89.1 Å². The molecule has 4 saturated heterocycles. The van der Waals surface area contributed by atoms with Crippen LogP contribution in [0, 0.1) is 22.7 Å². The number of thiazole rings is 2. The SMILES string of the molecule is CCS(=O)(=O)N(C)C[C@@H](NC(=O)N[C@H]1CCCCCCCC2C[C@@]2(C(=O)O)NC(=O)[C@@H]2C[C@@H](Oc3cc(-c4csc(NC(C)C)n4)nc4cc(OC)ccc34)CN2C1=O)C(C)(C)C.COc1ccc2c(O[C@@H]3C[C@H]4C(=O)N[C@]5(C(=O)O)CC5CCCCCCC[C@H](NC(=O)N[C@H](CN5Cc6ccccc6S5(=O)=O)C(C)(C)C)C(=O)N4C3)cc(-c3csc(NC(C)C)n3)nc2c1. The molecule has 2 saturated carbocycles. The summed E-state index contributed by atoms with van der Waals surface area (Å²) in [4.78, 5) is 135. The van der Waals surface area contributed by atoms with Gasteiger partial charge in [-0.3, -0.25) is 19.2 Å². The minimum atomic E-state index is -3.79. The minimum absolute atomic E-state index is 0.00289. The number of fused-ring (bicyclic) bond motifs is 7. The highest BCUT2D eigenvalue weighted by atomic mass is 32.2. The highest BCUT2D eigenvalue weighted by molar-refractivity contribution is 7.89. The predicted molar refractivity (Wildman–Crippen MR) is 497 cm³/mol. The first-order chi connectivity index (χ1) is 61.6. The molecule has 10 N–H and O–H groups in total. The second-order valence-corrected chi connectivity index (χ2v) is 44.2. The van der Waals surface area contributed by atoms with Crippen LogP contribution in [0.3, 0.4) is 0 Å². The zero-order chi connectivity index (χ0) is 93.7. The van der Waals surface area contributed by atoms with Gasteiger partial charge >= 0.3 is 24.0 Å². The van der Waals surface area contributed by atoms with Gasteiger partial charge in [-0.15, -0.1) is 22.7 Å². The number of aromatic nitrogens is 4. The van der Waals surface area contributed by atoms with E-state index in [2.05, 4.69) is 42.5 Å². The van der Waals surface area contributed by atoms with Gasteiger partial charge in [0.05, 0.1) is 60.4 Å². The van der Waals surface area contributed by atoms with Crippen molar-refractivity contribution >= 4 is 122 Å². The molecule has 0 spiro atoms. The lowest BCUT2D eigenvalue weighted by Gasteiger charge is -2.35. The van der Waals surface area contributed by atoms with Crippen LogP contribution in [-0.4, -0.2) is 238 Å². The second kappa shape index (κ2) is 40.4. The van der Waals surface area contributed by atoms with E-state index in [1.807, 2.05) is 92.1 Å². The molecule has 6 fully saturated rings. The fourth-order valence-corrected chi connectivity index (χ4v) is 22.1. The summed E-state index contributed by atoms with van der Waals surface area (Å²) in [7, 11) is -2.72. The number of methoxy groups -OCH3 is 2. The summed E-state index contributed by atoms with van der Waals surface area (Å²) < 4.78 is 79.7. The van der Waals surface area contributed by atoms with Crippen LogP contribution < -0.4 is 61.5 Å². The number of benzene rings is 3. The van der Waals surface area contributed by atoms with Gasteiger partial charge in [0.25, 0.3) is 0 Å². The number of carboxylic acids is 2. The van der Waals surface area contributed by atoms with Gasteiger partial charge in [-0.25, -0.2) is 60.3 Å². The average molecular weight is 1870 g/mol. The molecule has 3 aromatic carbocycles. The zero-order valence-electron chi connectivity index (χ0n) is 76.6. The van der Waals surface area contributed by atoms with E-state index in [-0.39, 0.29) is 93.0 Å². The molecule has 7 aromatic rings. The van der Waals surface area contributed by atoms with Crippen LogP contribution in [0.15, 0.2) is 88.5 Å². The molecule has 38 heteroatoms. The molecule has 7 aliphatic rings. The number of hydrogen-bond donors (Lipinski definition) is 10. The van der Waals surface area contributed by atoms with Gasteiger partial charge in [-0.2, -0.15) is 4.31 Å². The van der Waals surface area contributed by atoms with Crippen molar-refractivity contribution in [3.63, 3.8) is 0 Å². The van der Waals surface area contributed by atoms with Gasteiger partial charge in [0, 0.05) is 109 Å². The highest BCUT2D eigenvalue weighted by Gasteiger charge is 2.64. The maximum absolute atomic E-state index is 15.0. The van der Waals surface area contributed by atoms with Crippen LogP contribution in [0.5, 0.6) is 23.0 Å². The van der Waals surface area contributed by atoms with E-state index < -0.39 is 138 Å². The number of amides is 8. The number of carbonyl (C=O) groups is 8. The average Bonchev–Trinajstić information content (AvgIpc) is 1.58. The van der Waals surface area contributed by atoms with E-state index in [1.54, 1.807) is 81.8 Å². The zero-order valence-corrected chi connectivity index (χ0v) is 79.9. The highest BCUT2D eigenvalue weighted by Crippen LogP contribution is 2.50. The quantitative estimate of drug-likeness (QED) is 0.0269. The van der Waals surface area contributed by atoms with Gasteiger partial charge < -0.3 is 81.5 Å². The van der Waals surface area contributed by atoms with Gasteiger partial charge in [-0.05, 0) is 132 Å². The van der Waals surface area contributed by atoms with E-state index in [4.69, 9.17) is 38.9 Å². The number of likely N-dealkylation sites (N-methyl/N-ethyl adjacent to an activating group) is 1. The molecular weight excluding hydrogens is 1750 g/mol. The number of urea groups is 2. The largest absolute Gasteiger partial charge is 0.497 e. The number of carboxylic acid groups (broad SMARTS) is 2. The van der Waals surface area contributed by atoms with E-state index in [9.17, 15) is 60.6 Å². The first-order valence-corrected chi connectivity index (χ1v) is 50.0. The lowest BCUT2D eigenvalue weighted by atomic mass is 9.86. The molecule has 4 aromatic heterocycles. The number of aliphatic carboxylic acids is 2. The first-order valence-electron chi connectivity index (χ1n) is 45.2. The summed E-state index contributed by atoms with van der Waals surface area (Å²) in [6.07, 6.45) is 9.02. The van der Waals surface area contributed by atoms with Crippen molar-refractivity contribution in [3.8, 4) is 45.8 Å². The number of hydrogen-bond acceptors (Lipinski definition) is 24. The smallest absolute Gasteiger partial charge is 0.329 e. The van der Waals surface area contributed by atoms with E-state index in [1.165, 1.54) is 48.1 Å². The second-order valence-electron chi connectivity index (χ2n) is 38.2. The van der Waals surface area contributed by atoms with Crippen LogP contribution in [0.1, 0.15) is 197 Å². The number of pyridine rings is 2. The molecule has 5 aliphatic heterocycles. The van der Waals surface area contributed by atoms with Crippen molar-refractivity contribution in [1.82, 2.24) is 70.2 Å². The molecule has 8 amide bonds. The summed E-state index contributed by atoms with van der Waals surface area (Å²) in [6.45, 7) is 21.2. The van der Waals surface area contributed by atoms with Crippen molar-refractivity contribution in [2.24, 2.45) is 22.7 Å². The molecule has 12 atom stereocenters. The monoisotopic (exact) mass is 1870 g/mol. The molecule has 14 rings (SSSR count). The lowest BCUT2D eigenvalue weighted by Crippen LogP contribution is -2.59. The molecule has 2 unspecified atom stereocenters. The van der Waals surface area contributed by atoms with Crippen LogP contribution in [0.25, 0.3) is 44.6 Å². The van der Waals surface area contributed by atoms with Crippen molar-refractivity contribution in [1.29, 1.82) is 0 Å². The molecular formula is C92H126N16O18S4. The Bertz CT molecular complexity index is 5570. The van der Waals surface area contributed by atoms with E-state index in [0.29, 0.717) is 112 Å². The molecule has 9 heterocycles. The fourth-order valence-electron chi connectivity index (χ4n) is 18.0. The number of nitrogens with one attached hydrogen (secondary N) is 8. The number of sulfonamides is 2. The van der Waals surface area contributed by atoms with Crippen LogP contribution in [0.2, 0.25) is 0 Å². The van der Waals surface area contributed by atoms with E-state index in [0.717, 1.165) is 61.6 Å². The third kappa shape index (κ3) is 22.7. The Hall–Kier alpha value is -10.3. The van der Waals surface area contributed by atoms with Crippen molar-refractivity contribution in [2.75, 3.05) is 63.8 Å². The lowest BCUT2D eigenvalue weighted by molar-refractivity contribution is -0.146. The predicted octanol–water partition coefficient (Wildman–Crippen LogP) is 12.1. The Labute approximate surface area is 768 Å². The number of carbonyl (C=O) groups excluding carboxylic acids is 6. The number of nitrogens with zero attached hydrogens (tertiary/aromatic N) is 8. The Morgan fingerprint density at radius 2 is 1.02 bits per heavy atom. The normalized spacial score (nSPS) is 24.5. The molecule has 130 heavy (non-hydrogen) atoms. The molecule has 2 aliphatic carbocycles. The molecule has 34 nitrogen and oxygen atoms in total. The standard InChI is InChI=1S/C48H62N8O9S2.C44H64N8O9S2/c1-28(2)49-46-52-37(27-66-46)36-22-39(33-19-18-31(64-6)20-35(33)50-36)65-32-21-38-42(57)54-48(44(59)60)23-30(48)15-10-8-7-9-11-16-34(43(58)56(38)25-32)51-45(61)53-41(47(3,4)5)26-55-24-29-14-12-13-17-40(29)67(55,62)63;1-9-63(58,59)51(7)24-37(43(4,5)6)49-41(57)47-31-16-14-12-10-11-13-15-27-22-44(27,40(55)56)50-38(53)35-20-29(23-52(35)39(31)54)61-36-21-33(34-25-62-42(48-34)45-26(2)3)46-32-19-28(60-8)17-18-30(32)36/h12-14,17-20,22,27-28,30,32,34,38,41H,7-11,15-16,21,23-26H2,1-6H3,(H,49,52)(H,54,57)(H,59,60)(H2,51,53,61);17-19,21,25-27,29,31,35,37H,9-16,20,22-24H2,1-8H3,(H,45,48)(H,50,53)(H,55,56)(H2,47,49,57)/t30?,32-,34+,38+,41-,48-;27?,29-,31+,35+,37-,44-/m11/s1. The molecule has 0 bridgehead atoms. The van der Waals surface area contributed by atoms with Crippen molar-refractivity contribution < 1.29 is 84.4 Å². The third-order valence-corrected chi connectivity index (χ3v) is 31.2. The van der Waals surface area contributed by atoms with Gasteiger partial charge in [0.2, 0.25) is 43.7 Å². The number of anilines is 2. The van der Waals surface area contributed by atoms with E-state index >= 15 is 4.79 Å². The first kappa shape index (κ1) is 97.3. The van der Waals surface area contributed by atoms with Crippen LogP contribution in [-0.2, 0) is 55.4 Å². The fraction of sp³-hybridized carbons (Fsp3) is 0.587. The van der Waals surface area contributed by atoms with Crippen molar-refractivity contribution in [2.45, 2.75) is 275 Å². The van der Waals surface area contributed by atoms with Crippen LogP contribution in [0.4, 0.5) is 19.9 Å². The topological polar surface area (TPSA) is 443 Å². The maximum atomic E-state index is 15.0. The molecule has 0 radical (unpaired) electrons. The minimum Gasteiger partial charge on any atom is -0.497 e. The summed E-state index contributed by atoms with van der Waals surface area (Å²) in [6, 6.07) is 14.7. The van der Waals surface area contributed by atoms with Crippen LogP contribution >= 0.6 is 22.7 Å². The Kier molecular flexibility index (Phi) is 30.2. The number of ether oxygens (including phenoxy) is 4. The summed E-state index contributed by atoms with van der Waals surface area (Å²) in [5, 5.41) is 51.6. The Morgan fingerprint density at radius 3 is 1.42 bits per heavy atom. The number of rotatable bonds is 24. The third-order valence-electron chi connectivity index (χ3n) is 25.9. The van der Waals surface area contributed by atoms with Gasteiger partial charge in [-0.1, -0.05) is 124 Å². The van der Waals surface area contributed by atoms with Gasteiger partial charge in [0.15, 0.2) is 10.3 Å². The Morgan fingerprint density at radius 1 is 0.592 bits per heavy atom. The van der Waals surface area contributed by atoms with Gasteiger partial charge in [0.1, 0.15) is 81.8 Å². The summed E-state index contributed by atoms with van der Waals surface area (Å²) in [5.41, 5.74) is 0.199. The molecule has 706 valence electrons.